The summed E-state index contributed by atoms with van der Waals surface area (Å²) >= 11 is 0. The second-order valence-electron chi connectivity index (χ2n) is 7.01. The first-order valence-corrected chi connectivity index (χ1v) is 7.45. The Kier molecular flexibility index (Phi) is 5.88. The topological polar surface area (TPSA) is 64.3 Å². The second kappa shape index (κ2) is 6.63. The Morgan fingerprint density at radius 2 is 2.00 bits per heavy atom. The van der Waals surface area contributed by atoms with Gasteiger partial charge in [0.1, 0.15) is 0 Å². The predicted molar refractivity (Wildman–Crippen MR) is 82.9 cm³/mol. The van der Waals surface area contributed by atoms with E-state index in [1.54, 1.807) is 7.11 Å². The van der Waals surface area contributed by atoms with Crippen molar-refractivity contribution in [1.82, 2.24) is 5.32 Å². The van der Waals surface area contributed by atoms with Crippen molar-refractivity contribution < 1.29 is 9.53 Å². The SMILES string of the molecule is COC(C)(C)CC(C)NC(=O)C1C2CCC(C2)C1N.Cl. The lowest BCUT2D eigenvalue weighted by molar-refractivity contribution is -0.128. The molecule has 5 unspecified atom stereocenters. The van der Waals surface area contributed by atoms with Crippen molar-refractivity contribution in [3.63, 3.8) is 0 Å². The van der Waals surface area contributed by atoms with Crippen LogP contribution in [-0.2, 0) is 9.53 Å². The van der Waals surface area contributed by atoms with Crippen LogP contribution < -0.4 is 11.1 Å². The zero-order valence-corrected chi connectivity index (χ0v) is 13.8. The molecule has 20 heavy (non-hydrogen) atoms. The van der Waals surface area contributed by atoms with Gasteiger partial charge in [-0.1, -0.05) is 0 Å². The highest BCUT2D eigenvalue weighted by molar-refractivity contribution is 5.85. The smallest absolute Gasteiger partial charge is 0.225 e. The Hall–Kier alpha value is -0.320. The summed E-state index contributed by atoms with van der Waals surface area (Å²) in [6.45, 7) is 6.12. The summed E-state index contributed by atoms with van der Waals surface area (Å²) in [5.41, 5.74) is 6.00. The first kappa shape index (κ1) is 17.7. The van der Waals surface area contributed by atoms with Crippen LogP contribution in [0.1, 0.15) is 46.5 Å². The molecule has 1 amide bonds. The number of fused-ring (bicyclic) bond motifs is 2. The lowest BCUT2D eigenvalue weighted by atomic mass is 9.84. The molecule has 0 aromatic carbocycles. The molecule has 0 aromatic heterocycles. The monoisotopic (exact) mass is 304 g/mol. The quantitative estimate of drug-likeness (QED) is 0.817. The Balaban J connectivity index is 0.00000200. The van der Waals surface area contributed by atoms with E-state index in [1.165, 1.54) is 12.8 Å². The fourth-order valence-corrected chi connectivity index (χ4v) is 3.94. The molecule has 4 nitrogen and oxygen atoms in total. The molecule has 2 rings (SSSR count). The van der Waals surface area contributed by atoms with Gasteiger partial charge in [0, 0.05) is 19.2 Å². The van der Waals surface area contributed by atoms with Gasteiger partial charge in [0.25, 0.3) is 0 Å². The molecule has 0 saturated heterocycles. The molecule has 2 bridgehead atoms. The van der Waals surface area contributed by atoms with Crippen molar-refractivity contribution in [3.8, 4) is 0 Å². The van der Waals surface area contributed by atoms with E-state index in [2.05, 4.69) is 5.32 Å². The molecule has 5 heteroatoms. The summed E-state index contributed by atoms with van der Waals surface area (Å²) in [4.78, 5) is 12.4. The molecule has 2 saturated carbocycles. The van der Waals surface area contributed by atoms with Crippen LogP contribution in [0.15, 0.2) is 0 Å². The first-order valence-electron chi connectivity index (χ1n) is 7.45. The number of halogens is 1. The molecule has 2 aliphatic rings. The van der Waals surface area contributed by atoms with Gasteiger partial charge in [0.05, 0.1) is 11.5 Å². The van der Waals surface area contributed by atoms with Gasteiger partial charge in [-0.3, -0.25) is 4.79 Å². The van der Waals surface area contributed by atoms with Crippen LogP contribution in [0.5, 0.6) is 0 Å². The highest BCUT2D eigenvalue weighted by atomic mass is 35.5. The Morgan fingerprint density at radius 3 is 2.50 bits per heavy atom. The lowest BCUT2D eigenvalue weighted by Crippen LogP contribution is -2.48. The fourth-order valence-electron chi connectivity index (χ4n) is 3.94. The number of carbonyl (C=O) groups is 1. The molecule has 0 heterocycles. The standard InChI is InChI=1S/C15H28N2O2.ClH/c1-9(8-15(2,3)19-4)17-14(18)12-10-5-6-11(7-10)13(12)16;/h9-13H,5-8,16H2,1-4H3,(H,17,18);1H. The van der Waals surface area contributed by atoms with E-state index in [4.69, 9.17) is 10.5 Å². The molecule has 5 atom stereocenters. The van der Waals surface area contributed by atoms with Gasteiger partial charge in [0.2, 0.25) is 5.91 Å². The third-order valence-electron chi connectivity index (χ3n) is 5.02. The number of rotatable bonds is 5. The van der Waals surface area contributed by atoms with Crippen molar-refractivity contribution in [1.29, 1.82) is 0 Å². The maximum atomic E-state index is 12.4. The van der Waals surface area contributed by atoms with E-state index in [0.717, 1.165) is 12.8 Å². The number of amides is 1. The van der Waals surface area contributed by atoms with E-state index in [-0.39, 0.29) is 41.9 Å². The zero-order chi connectivity index (χ0) is 14.2. The summed E-state index contributed by atoms with van der Waals surface area (Å²) in [6.07, 6.45) is 4.35. The van der Waals surface area contributed by atoms with E-state index in [1.807, 2.05) is 20.8 Å². The minimum absolute atomic E-state index is 0. The van der Waals surface area contributed by atoms with Gasteiger partial charge in [-0.05, 0) is 58.3 Å². The molecular formula is C15H29ClN2O2. The van der Waals surface area contributed by atoms with Gasteiger partial charge >= 0.3 is 0 Å². The number of carbonyl (C=O) groups excluding carboxylic acids is 1. The molecule has 2 aliphatic carbocycles. The molecule has 3 N–H and O–H groups in total. The van der Waals surface area contributed by atoms with E-state index >= 15 is 0 Å². The maximum Gasteiger partial charge on any atom is 0.225 e. The van der Waals surface area contributed by atoms with Gasteiger partial charge in [-0.25, -0.2) is 0 Å². The van der Waals surface area contributed by atoms with Crippen LogP contribution in [0.4, 0.5) is 0 Å². The van der Waals surface area contributed by atoms with E-state index < -0.39 is 0 Å². The summed E-state index contributed by atoms with van der Waals surface area (Å²) < 4.78 is 5.41. The van der Waals surface area contributed by atoms with Crippen molar-refractivity contribution >= 4 is 18.3 Å². The average molecular weight is 305 g/mol. The zero-order valence-electron chi connectivity index (χ0n) is 13.0. The maximum absolute atomic E-state index is 12.4. The molecule has 0 spiro atoms. The number of nitrogens with one attached hydrogen (secondary N) is 1. The highest BCUT2D eigenvalue weighted by Crippen LogP contribution is 2.47. The van der Waals surface area contributed by atoms with Crippen molar-refractivity contribution in [2.24, 2.45) is 23.5 Å². The summed E-state index contributed by atoms with van der Waals surface area (Å²) in [5, 5.41) is 3.13. The number of hydrogen-bond donors (Lipinski definition) is 2. The van der Waals surface area contributed by atoms with Crippen LogP contribution in [0.3, 0.4) is 0 Å². The first-order chi connectivity index (χ1) is 8.84. The minimum Gasteiger partial charge on any atom is -0.379 e. The number of ether oxygens (including phenoxy) is 1. The third kappa shape index (κ3) is 3.66. The normalized spacial score (nSPS) is 33.6. The molecule has 2 fully saturated rings. The number of hydrogen-bond acceptors (Lipinski definition) is 3. The lowest BCUT2D eigenvalue weighted by Gasteiger charge is -2.31. The van der Waals surface area contributed by atoms with Gasteiger partial charge in [-0.2, -0.15) is 0 Å². The minimum atomic E-state index is -0.205. The van der Waals surface area contributed by atoms with Crippen LogP contribution >= 0.6 is 12.4 Å². The highest BCUT2D eigenvalue weighted by Gasteiger charge is 2.49. The summed E-state index contributed by atoms with van der Waals surface area (Å²) in [5.74, 6) is 1.28. The fraction of sp³-hybridized carbons (Fsp3) is 0.933. The van der Waals surface area contributed by atoms with Gasteiger partial charge < -0.3 is 15.8 Å². The van der Waals surface area contributed by atoms with E-state index in [0.29, 0.717) is 11.8 Å². The third-order valence-corrected chi connectivity index (χ3v) is 5.02. The second-order valence-corrected chi connectivity index (χ2v) is 7.01. The van der Waals surface area contributed by atoms with Crippen molar-refractivity contribution in [2.45, 2.75) is 64.1 Å². The van der Waals surface area contributed by atoms with E-state index in [9.17, 15) is 4.79 Å². The average Bonchev–Trinajstić information content (AvgIpc) is 2.88. The predicted octanol–water partition coefficient (Wildman–Crippen LogP) is 2.10. The van der Waals surface area contributed by atoms with Crippen LogP contribution in [0, 0.1) is 17.8 Å². The molecule has 118 valence electrons. The molecular weight excluding hydrogens is 276 g/mol. The van der Waals surface area contributed by atoms with Crippen LogP contribution in [-0.4, -0.2) is 30.7 Å². The van der Waals surface area contributed by atoms with Crippen molar-refractivity contribution in [2.75, 3.05) is 7.11 Å². The van der Waals surface area contributed by atoms with Crippen LogP contribution in [0.25, 0.3) is 0 Å². The summed E-state index contributed by atoms with van der Waals surface area (Å²) in [7, 11) is 1.71. The number of nitrogens with two attached hydrogens (primary N) is 1. The van der Waals surface area contributed by atoms with Crippen LogP contribution in [0.2, 0.25) is 0 Å². The molecule has 0 aromatic rings. The van der Waals surface area contributed by atoms with Gasteiger partial charge in [-0.15, -0.1) is 12.4 Å². The van der Waals surface area contributed by atoms with Crippen molar-refractivity contribution in [3.05, 3.63) is 0 Å². The summed E-state index contributed by atoms with van der Waals surface area (Å²) in [6, 6.07) is 0.190. The largest absolute Gasteiger partial charge is 0.379 e. The Morgan fingerprint density at radius 1 is 1.40 bits per heavy atom. The Labute approximate surface area is 128 Å². The Bertz CT molecular complexity index is 347. The molecule has 0 radical (unpaired) electrons. The van der Waals surface area contributed by atoms with Gasteiger partial charge in [0.15, 0.2) is 0 Å². The number of methoxy groups -OCH3 is 1. The molecule has 0 aliphatic heterocycles.